The van der Waals surface area contributed by atoms with Gasteiger partial charge < -0.3 is 0 Å². The summed E-state index contributed by atoms with van der Waals surface area (Å²) in [5, 5.41) is 5.08. The van der Waals surface area contributed by atoms with Crippen LogP contribution in [-0.4, -0.2) is 21.2 Å². The topological polar surface area (TPSA) is 21.1 Å². The van der Waals surface area contributed by atoms with Gasteiger partial charge in [0.05, 0.1) is 0 Å². The lowest BCUT2D eigenvalue weighted by Crippen LogP contribution is -2.30. The predicted octanol–water partition coefficient (Wildman–Crippen LogP) is 3.11. The number of benzene rings is 1. The van der Waals surface area contributed by atoms with Gasteiger partial charge in [0.15, 0.2) is 5.15 Å². The highest BCUT2D eigenvalue weighted by Crippen LogP contribution is 2.26. The molecular weight excluding hydrogens is 258 g/mol. The summed E-state index contributed by atoms with van der Waals surface area (Å²) in [5.41, 5.74) is 3.88. The van der Waals surface area contributed by atoms with Gasteiger partial charge in [0.2, 0.25) is 0 Å². The molecule has 100 valence electrons. The van der Waals surface area contributed by atoms with Crippen LogP contribution < -0.4 is 0 Å². The molecule has 0 unspecified atom stereocenters. The number of aryl methyl sites for hydroxylation is 1. The molecule has 0 saturated heterocycles. The fraction of sp³-hybridized carbons (Fsp3) is 0.400. The van der Waals surface area contributed by atoms with E-state index < -0.39 is 0 Å². The van der Waals surface area contributed by atoms with Crippen LogP contribution in [0, 0.1) is 0 Å². The molecule has 0 saturated carbocycles. The normalized spacial score (nSPS) is 15.5. The first-order chi connectivity index (χ1) is 9.28. The van der Waals surface area contributed by atoms with E-state index in [1.54, 1.807) is 0 Å². The zero-order valence-corrected chi connectivity index (χ0v) is 11.9. The smallest absolute Gasteiger partial charge is 0.155 e. The minimum atomic E-state index is 0.676. The van der Waals surface area contributed by atoms with Crippen LogP contribution in [0.5, 0.6) is 0 Å². The molecule has 0 fully saturated rings. The Balaban J connectivity index is 1.77. The SMILES string of the molecule is CCn1nc(Cl)c2c1CCN(Cc1ccccc1)C2. The van der Waals surface area contributed by atoms with Gasteiger partial charge in [0.25, 0.3) is 0 Å². The molecule has 1 aromatic heterocycles. The van der Waals surface area contributed by atoms with Gasteiger partial charge in [-0.25, -0.2) is 0 Å². The Kier molecular flexibility index (Phi) is 3.58. The molecule has 0 amide bonds. The Morgan fingerprint density at radius 2 is 2.05 bits per heavy atom. The van der Waals surface area contributed by atoms with Crippen molar-refractivity contribution in [2.45, 2.75) is 33.0 Å². The summed E-state index contributed by atoms with van der Waals surface area (Å²) in [5.74, 6) is 0. The van der Waals surface area contributed by atoms with Gasteiger partial charge in [0, 0.05) is 43.9 Å². The molecule has 0 atom stereocenters. The van der Waals surface area contributed by atoms with Gasteiger partial charge >= 0.3 is 0 Å². The summed E-state index contributed by atoms with van der Waals surface area (Å²) in [7, 11) is 0. The van der Waals surface area contributed by atoms with Crippen molar-refractivity contribution in [3.8, 4) is 0 Å². The Bertz CT molecular complexity index is 562. The molecule has 1 aromatic carbocycles. The lowest BCUT2D eigenvalue weighted by Gasteiger charge is -2.27. The molecule has 0 spiro atoms. The van der Waals surface area contributed by atoms with Crippen LogP contribution in [0.1, 0.15) is 23.7 Å². The first kappa shape index (κ1) is 12.7. The molecule has 0 aliphatic carbocycles. The van der Waals surface area contributed by atoms with E-state index in [0.717, 1.165) is 32.6 Å². The largest absolute Gasteiger partial charge is 0.294 e. The Morgan fingerprint density at radius 3 is 2.79 bits per heavy atom. The maximum atomic E-state index is 6.25. The quantitative estimate of drug-likeness (QED) is 0.858. The van der Waals surface area contributed by atoms with E-state index in [1.165, 1.54) is 16.8 Å². The third-order valence-electron chi connectivity index (χ3n) is 3.71. The first-order valence-corrected chi connectivity index (χ1v) is 7.16. The van der Waals surface area contributed by atoms with Crippen LogP contribution in [0.4, 0.5) is 0 Å². The van der Waals surface area contributed by atoms with Crippen LogP contribution in [0.15, 0.2) is 30.3 Å². The third-order valence-corrected chi connectivity index (χ3v) is 4.02. The molecule has 3 nitrogen and oxygen atoms in total. The minimum absolute atomic E-state index is 0.676. The molecule has 2 aromatic rings. The minimum Gasteiger partial charge on any atom is -0.294 e. The van der Waals surface area contributed by atoms with E-state index in [0.29, 0.717) is 5.15 Å². The summed E-state index contributed by atoms with van der Waals surface area (Å²) in [6, 6.07) is 10.6. The van der Waals surface area contributed by atoms with Crippen molar-refractivity contribution in [3.63, 3.8) is 0 Å². The third kappa shape index (κ3) is 2.53. The lowest BCUT2D eigenvalue weighted by atomic mass is 10.1. The molecule has 2 heterocycles. The van der Waals surface area contributed by atoms with Crippen LogP contribution in [-0.2, 0) is 26.1 Å². The van der Waals surface area contributed by atoms with Gasteiger partial charge in [-0.3, -0.25) is 9.58 Å². The Morgan fingerprint density at radius 1 is 1.26 bits per heavy atom. The number of nitrogens with zero attached hydrogens (tertiary/aromatic N) is 3. The number of hydrogen-bond donors (Lipinski definition) is 0. The summed E-state index contributed by atoms with van der Waals surface area (Å²) < 4.78 is 2.04. The molecule has 0 radical (unpaired) electrons. The molecule has 1 aliphatic rings. The Labute approximate surface area is 118 Å². The van der Waals surface area contributed by atoms with E-state index in [-0.39, 0.29) is 0 Å². The number of rotatable bonds is 3. The average Bonchev–Trinajstić information content (AvgIpc) is 2.76. The van der Waals surface area contributed by atoms with Crippen LogP contribution in [0.2, 0.25) is 5.15 Å². The molecule has 19 heavy (non-hydrogen) atoms. The van der Waals surface area contributed by atoms with E-state index in [4.69, 9.17) is 11.6 Å². The predicted molar refractivity (Wildman–Crippen MR) is 77.2 cm³/mol. The van der Waals surface area contributed by atoms with Crippen molar-refractivity contribution in [2.24, 2.45) is 0 Å². The highest BCUT2D eigenvalue weighted by Gasteiger charge is 2.23. The van der Waals surface area contributed by atoms with Crippen molar-refractivity contribution < 1.29 is 0 Å². The van der Waals surface area contributed by atoms with Gasteiger partial charge in [0.1, 0.15) is 0 Å². The highest BCUT2D eigenvalue weighted by atomic mass is 35.5. The number of fused-ring (bicyclic) bond motifs is 1. The fourth-order valence-electron chi connectivity index (χ4n) is 2.74. The van der Waals surface area contributed by atoms with Crippen molar-refractivity contribution in [1.82, 2.24) is 14.7 Å². The van der Waals surface area contributed by atoms with Gasteiger partial charge in [-0.15, -0.1) is 0 Å². The lowest BCUT2D eigenvalue weighted by molar-refractivity contribution is 0.242. The zero-order valence-electron chi connectivity index (χ0n) is 11.1. The van der Waals surface area contributed by atoms with E-state index >= 15 is 0 Å². The maximum Gasteiger partial charge on any atom is 0.155 e. The Hall–Kier alpha value is -1.32. The van der Waals surface area contributed by atoms with Crippen molar-refractivity contribution in [1.29, 1.82) is 0 Å². The van der Waals surface area contributed by atoms with Crippen molar-refractivity contribution in [3.05, 3.63) is 52.3 Å². The van der Waals surface area contributed by atoms with Crippen molar-refractivity contribution in [2.75, 3.05) is 6.54 Å². The fourth-order valence-corrected chi connectivity index (χ4v) is 3.00. The van der Waals surface area contributed by atoms with Gasteiger partial charge in [-0.2, -0.15) is 5.10 Å². The van der Waals surface area contributed by atoms with Crippen molar-refractivity contribution >= 4 is 11.6 Å². The van der Waals surface area contributed by atoms with E-state index in [9.17, 15) is 0 Å². The zero-order chi connectivity index (χ0) is 13.2. The molecule has 0 N–H and O–H groups in total. The van der Waals surface area contributed by atoms with Crippen LogP contribution >= 0.6 is 11.6 Å². The summed E-state index contributed by atoms with van der Waals surface area (Å²) in [6.07, 6.45) is 1.04. The maximum absolute atomic E-state index is 6.25. The second-order valence-electron chi connectivity index (χ2n) is 4.98. The van der Waals surface area contributed by atoms with Crippen LogP contribution in [0.25, 0.3) is 0 Å². The molecule has 4 heteroatoms. The van der Waals surface area contributed by atoms with Gasteiger partial charge in [-0.1, -0.05) is 41.9 Å². The van der Waals surface area contributed by atoms with Crippen LogP contribution in [0.3, 0.4) is 0 Å². The highest BCUT2D eigenvalue weighted by molar-refractivity contribution is 6.30. The second-order valence-corrected chi connectivity index (χ2v) is 5.34. The first-order valence-electron chi connectivity index (χ1n) is 6.78. The van der Waals surface area contributed by atoms with Gasteiger partial charge in [-0.05, 0) is 12.5 Å². The standard InChI is InChI=1S/C15H18ClN3/c1-2-19-14-8-9-18(11-13(14)15(16)17-19)10-12-6-4-3-5-7-12/h3-7H,2,8-11H2,1H3. The number of hydrogen-bond acceptors (Lipinski definition) is 2. The second kappa shape index (κ2) is 5.35. The average molecular weight is 276 g/mol. The van der Waals surface area contributed by atoms with E-state index in [2.05, 4.69) is 47.3 Å². The summed E-state index contributed by atoms with van der Waals surface area (Å²) >= 11 is 6.25. The monoisotopic (exact) mass is 275 g/mol. The molecule has 1 aliphatic heterocycles. The molecule has 3 rings (SSSR count). The molecule has 0 bridgehead atoms. The summed E-state index contributed by atoms with van der Waals surface area (Å²) in [6.45, 7) is 5.97. The number of halogens is 1. The number of aromatic nitrogens is 2. The summed E-state index contributed by atoms with van der Waals surface area (Å²) in [4.78, 5) is 2.44. The van der Waals surface area contributed by atoms with E-state index in [1.807, 2.05) is 4.68 Å². The molecular formula is C15H18ClN3.